The van der Waals surface area contributed by atoms with Crippen molar-refractivity contribution in [1.29, 1.82) is 0 Å². The molecule has 3 N–H and O–H groups in total. The fourth-order valence-electron chi connectivity index (χ4n) is 3.26. The number of halogens is 3. The summed E-state index contributed by atoms with van der Waals surface area (Å²) in [6.07, 6.45) is 3.71. The normalized spacial score (nSPS) is 15.8. The first-order valence-corrected chi connectivity index (χ1v) is 9.22. The van der Waals surface area contributed by atoms with Gasteiger partial charge in [0.2, 0.25) is 0 Å². The Kier molecular flexibility index (Phi) is 5.10. The first kappa shape index (κ1) is 19.8. The molecule has 0 spiro atoms. The van der Waals surface area contributed by atoms with Gasteiger partial charge in [0.05, 0.1) is 30.9 Å². The predicted octanol–water partition coefficient (Wildman–Crippen LogP) is 3.99. The van der Waals surface area contributed by atoms with Crippen LogP contribution in [0.25, 0.3) is 11.0 Å². The van der Waals surface area contributed by atoms with Gasteiger partial charge in [-0.3, -0.25) is 0 Å². The number of alkyl halides is 2. The Morgan fingerprint density at radius 1 is 1.20 bits per heavy atom. The average molecular weight is 420 g/mol. The van der Waals surface area contributed by atoms with Crippen LogP contribution in [0.3, 0.4) is 0 Å². The Morgan fingerprint density at radius 3 is 2.67 bits per heavy atom. The highest BCUT2D eigenvalue weighted by molar-refractivity contribution is 6.05. The quantitative estimate of drug-likeness (QED) is 0.593. The van der Waals surface area contributed by atoms with Crippen molar-refractivity contribution in [3.63, 3.8) is 0 Å². The fourth-order valence-corrected chi connectivity index (χ4v) is 3.26. The maximum Gasteiger partial charge on any atom is 0.323 e. The Bertz CT molecular complexity index is 1080. The number of rotatable bonds is 4. The Morgan fingerprint density at radius 2 is 1.97 bits per heavy atom. The molecule has 158 valence electrons. The predicted molar refractivity (Wildman–Crippen MR) is 106 cm³/mol. The Hall–Kier alpha value is -3.50. The number of anilines is 3. The third-order valence-electron chi connectivity index (χ3n) is 4.86. The third-order valence-corrected chi connectivity index (χ3v) is 4.86. The number of nitrogens with zero attached hydrogens (tertiary/aromatic N) is 3. The van der Waals surface area contributed by atoms with Crippen molar-refractivity contribution in [2.75, 3.05) is 35.7 Å². The second-order valence-electron chi connectivity index (χ2n) is 6.93. The first-order chi connectivity index (χ1) is 14.3. The van der Waals surface area contributed by atoms with Gasteiger partial charge in [0.25, 0.3) is 5.92 Å². The van der Waals surface area contributed by atoms with Crippen molar-refractivity contribution in [2.24, 2.45) is 0 Å². The van der Waals surface area contributed by atoms with Gasteiger partial charge in [0.1, 0.15) is 11.4 Å². The average Bonchev–Trinajstić information content (AvgIpc) is 3.10. The molecule has 0 radical (unpaired) electrons. The summed E-state index contributed by atoms with van der Waals surface area (Å²) >= 11 is 0. The van der Waals surface area contributed by atoms with Crippen molar-refractivity contribution in [1.82, 2.24) is 15.0 Å². The van der Waals surface area contributed by atoms with E-state index in [0.29, 0.717) is 22.5 Å². The van der Waals surface area contributed by atoms with Gasteiger partial charge in [0, 0.05) is 43.6 Å². The number of hydrogen-bond acceptors (Lipinski definition) is 5. The monoisotopic (exact) mass is 420 g/mol. The van der Waals surface area contributed by atoms with E-state index < -0.39 is 17.8 Å². The summed E-state index contributed by atoms with van der Waals surface area (Å²) < 4.78 is 46.2. The molecule has 11 heteroatoms. The molecule has 30 heavy (non-hydrogen) atoms. The number of piperidine rings is 1. The van der Waals surface area contributed by atoms with Crippen LogP contribution in [0.5, 0.6) is 5.75 Å². The van der Waals surface area contributed by atoms with Gasteiger partial charge in [-0.1, -0.05) is 0 Å². The molecule has 0 saturated carbocycles. The number of urea groups is 1. The van der Waals surface area contributed by atoms with Crippen molar-refractivity contribution in [2.45, 2.75) is 18.8 Å². The molecule has 1 aliphatic rings. The lowest BCUT2D eigenvalue weighted by molar-refractivity contribution is -0.0222. The molecule has 0 bridgehead atoms. The summed E-state index contributed by atoms with van der Waals surface area (Å²) in [5.74, 6) is -2.90. The van der Waals surface area contributed by atoms with Crippen LogP contribution in [0, 0.1) is 5.82 Å². The van der Waals surface area contributed by atoms with Gasteiger partial charge < -0.3 is 25.3 Å². The van der Waals surface area contributed by atoms with Crippen molar-refractivity contribution < 1.29 is 22.7 Å². The van der Waals surface area contributed by atoms with E-state index >= 15 is 0 Å². The Balaban J connectivity index is 1.43. The zero-order valence-corrected chi connectivity index (χ0v) is 16.0. The molecule has 1 aliphatic heterocycles. The van der Waals surface area contributed by atoms with Crippen molar-refractivity contribution in [3.8, 4) is 5.75 Å². The number of pyridine rings is 2. The molecule has 3 aromatic heterocycles. The molecule has 4 heterocycles. The number of H-pyrrole nitrogens is 1. The molecular weight excluding hydrogens is 401 g/mol. The summed E-state index contributed by atoms with van der Waals surface area (Å²) in [5, 5.41) is 5.80. The molecule has 1 fully saturated rings. The van der Waals surface area contributed by atoms with E-state index in [0.717, 1.165) is 6.07 Å². The summed E-state index contributed by atoms with van der Waals surface area (Å²) in [5.41, 5.74) is 1.16. The molecule has 0 atom stereocenters. The zero-order chi connectivity index (χ0) is 21.3. The second-order valence-corrected chi connectivity index (χ2v) is 6.93. The lowest BCUT2D eigenvalue weighted by atomic mass is 10.1. The van der Waals surface area contributed by atoms with Crippen molar-refractivity contribution in [3.05, 3.63) is 36.5 Å². The minimum atomic E-state index is -2.73. The maximum absolute atomic E-state index is 14.5. The zero-order valence-electron chi connectivity index (χ0n) is 16.0. The molecule has 0 unspecified atom stereocenters. The first-order valence-electron chi connectivity index (χ1n) is 9.22. The molecule has 2 amide bonds. The number of hydrogen-bond donors (Lipinski definition) is 3. The summed E-state index contributed by atoms with van der Waals surface area (Å²) in [4.78, 5) is 24.9. The number of carbonyl (C=O) groups excluding carboxylic acids is 1. The third kappa shape index (κ3) is 4.09. The van der Waals surface area contributed by atoms with E-state index in [4.69, 9.17) is 4.74 Å². The maximum atomic E-state index is 14.5. The van der Waals surface area contributed by atoms with Crippen LogP contribution in [0.15, 0.2) is 30.7 Å². The molecule has 1 saturated heterocycles. The molecule has 4 rings (SSSR count). The number of nitrogens with one attached hydrogen (secondary N) is 3. The van der Waals surface area contributed by atoms with Gasteiger partial charge >= 0.3 is 6.03 Å². The van der Waals surface area contributed by atoms with E-state index in [2.05, 4.69) is 25.6 Å². The minimum absolute atomic E-state index is 0.00810. The SMILES string of the molecule is COc1cnc2[nH]cc(NC(=O)Nc3cnc(N4CCC(F)(F)CC4)c(F)c3)c2c1. The summed E-state index contributed by atoms with van der Waals surface area (Å²) in [7, 11) is 1.51. The smallest absolute Gasteiger partial charge is 0.323 e. The van der Waals surface area contributed by atoms with Crippen LogP contribution in [0.2, 0.25) is 0 Å². The van der Waals surface area contributed by atoms with Gasteiger partial charge in [-0.2, -0.15) is 0 Å². The van der Waals surface area contributed by atoms with Gasteiger partial charge in [-0.25, -0.2) is 27.9 Å². The van der Waals surface area contributed by atoms with Gasteiger partial charge in [-0.15, -0.1) is 0 Å². The molecule has 8 nitrogen and oxygen atoms in total. The lowest BCUT2D eigenvalue weighted by Crippen LogP contribution is -2.40. The molecular formula is C19H19F3N6O2. The van der Waals surface area contributed by atoms with Crippen LogP contribution in [0.1, 0.15) is 12.8 Å². The minimum Gasteiger partial charge on any atom is -0.495 e. The van der Waals surface area contributed by atoms with Gasteiger partial charge in [-0.05, 0) is 6.07 Å². The molecule has 0 aliphatic carbocycles. The fraction of sp³-hybridized carbons (Fsp3) is 0.316. The van der Waals surface area contributed by atoms with Crippen LogP contribution in [-0.2, 0) is 0 Å². The van der Waals surface area contributed by atoms with Crippen LogP contribution in [0.4, 0.5) is 35.2 Å². The van der Waals surface area contributed by atoms with E-state index in [1.807, 2.05) is 0 Å². The van der Waals surface area contributed by atoms with Crippen LogP contribution in [-0.4, -0.2) is 47.1 Å². The van der Waals surface area contributed by atoms with Crippen LogP contribution < -0.4 is 20.3 Å². The number of ether oxygens (including phenoxy) is 1. The number of amides is 2. The van der Waals surface area contributed by atoms with E-state index in [1.54, 1.807) is 18.5 Å². The van der Waals surface area contributed by atoms with E-state index in [9.17, 15) is 18.0 Å². The Labute approximate surface area is 169 Å². The highest BCUT2D eigenvalue weighted by Gasteiger charge is 2.35. The number of fused-ring (bicyclic) bond motifs is 1. The summed E-state index contributed by atoms with van der Waals surface area (Å²) in [6, 6.07) is 2.21. The van der Waals surface area contributed by atoms with Crippen LogP contribution >= 0.6 is 0 Å². The summed E-state index contributed by atoms with van der Waals surface area (Å²) in [6.45, 7) is 0.0322. The standard InChI is InChI=1S/C19H19F3N6O2/c1-30-12-7-13-15(10-24-16(13)23-9-12)27-18(29)26-11-6-14(20)17(25-8-11)28-4-2-19(21,22)3-5-28/h6-10H,2-5H2,1H3,(H,23,24)(H2,26,27,29). The highest BCUT2D eigenvalue weighted by atomic mass is 19.3. The lowest BCUT2D eigenvalue weighted by Gasteiger charge is -2.32. The topological polar surface area (TPSA) is 95.2 Å². The second kappa shape index (κ2) is 7.73. The highest BCUT2D eigenvalue weighted by Crippen LogP contribution is 2.31. The van der Waals surface area contributed by atoms with Crippen molar-refractivity contribution >= 4 is 34.3 Å². The number of methoxy groups -OCH3 is 1. The number of carbonyl (C=O) groups is 1. The molecule has 0 aromatic carbocycles. The number of aromatic nitrogens is 3. The van der Waals surface area contributed by atoms with Gasteiger partial charge in [0.15, 0.2) is 11.6 Å². The molecule has 3 aromatic rings. The van der Waals surface area contributed by atoms with E-state index in [-0.39, 0.29) is 37.4 Å². The van der Waals surface area contributed by atoms with E-state index in [1.165, 1.54) is 18.2 Å². The largest absolute Gasteiger partial charge is 0.495 e. The number of aromatic amines is 1.